The third-order valence-electron chi connectivity index (χ3n) is 7.86. The number of ether oxygens (including phenoxy) is 3. The molecule has 1 N–H and O–H groups in total. The second-order valence-electron chi connectivity index (χ2n) is 9.46. The van der Waals surface area contributed by atoms with Gasteiger partial charge in [0.2, 0.25) is 0 Å². The normalized spacial score (nSPS) is 32.0. The fraction of sp³-hybridized carbons (Fsp3) is 0.739. The van der Waals surface area contributed by atoms with Crippen LogP contribution in [0, 0.1) is 0 Å². The minimum atomic E-state index is -1.36. The average molecular weight is 463 g/mol. The number of imidazole rings is 1. The molecule has 2 aromatic rings. The lowest BCUT2D eigenvalue weighted by Crippen LogP contribution is -2.67. The summed E-state index contributed by atoms with van der Waals surface area (Å²) in [4.78, 5) is 28.5. The van der Waals surface area contributed by atoms with E-state index in [4.69, 9.17) is 14.2 Å². The van der Waals surface area contributed by atoms with Crippen molar-refractivity contribution in [3.8, 4) is 0 Å². The van der Waals surface area contributed by atoms with E-state index in [1.807, 2.05) is 25.3 Å². The lowest BCUT2D eigenvalue weighted by molar-refractivity contribution is -0.207. The zero-order chi connectivity index (χ0) is 24.8. The van der Waals surface area contributed by atoms with Crippen molar-refractivity contribution < 1.29 is 19.0 Å². The second-order valence-corrected chi connectivity index (χ2v) is 9.46. The predicted molar refractivity (Wildman–Crippen MR) is 126 cm³/mol. The van der Waals surface area contributed by atoms with Gasteiger partial charge in [0.15, 0.2) is 28.3 Å². The van der Waals surface area contributed by atoms with Crippen molar-refractivity contribution in [3.05, 3.63) is 12.7 Å². The Bertz CT molecular complexity index is 1020. The fourth-order valence-corrected chi connectivity index (χ4v) is 5.16. The molecule has 2 aromatic heterocycles. The first-order valence-electron chi connectivity index (χ1n) is 11.4. The van der Waals surface area contributed by atoms with Crippen LogP contribution in [0.15, 0.2) is 12.7 Å². The van der Waals surface area contributed by atoms with E-state index in [-0.39, 0.29) is 11.9 Å². The highest BCUT2D eigenvalue weighted by molar-refractivity contribution is 5.87. The first-order valence-corrected chi connectivity index (χ1v) is 11.4. The number of rotatable bonds is 8. The summed E-state index contributed by atoms with van der Waals surface area (Å²) in [5.74, 6) is 0.434. The van der Waals surface area contributed by atoms with Gasteiger partial charge in [0.1, 0.15) is 17.5 Å². The van der Waals surface area contributed by atoms with Gasteiger partial charge in [-0.15, -0.1) is 0 Å². The summed E-state index contributed by atoms with van der Waals surface area (Å²) in [6, 6.07) is 0.272. The minimum Gasteiger partial charge on any atom is -0.372 e. The molecule has 1 aliphatic heterocycles. The molecule has 184 valence electrons. The molecule has 10 nitrogen and oxygen atoms in total. The Morgan fingerprint density at radius 3 is 2.21 bits per heavy atom. The Balaban J connectivity index is 2.24. The average Bonchev–Trinajstić information content (AvgIpc) is 3.30. The molecular weight excluding hydrogens is 424 g/mol. The highest BCUT2D eigenvalue weighted by atomic mass is 16.6. The number of likely N-dealkylation sites (N-methyl/N-ethyl adjacent to an activating group) is 1. The van der Waals surface area contributed by atoms with Gasteiger partial charge in [0, 0.05) is 34.4 Å². The molecule has 4 unspecified atom stereocenters. The van der Waals surface area contributed by atoms with Crippen LogP contribution in [0.1, 0.15) is 54.4 Å². The summed E-state index contributed by atoms with van der Waals surface area (Å²) < 4.78 is 20.7. The Kier molecular flexibility index (Phi) is 6.51. The van der Waals surface area contributed by atoms with Crippen LogP contribution in [0.3, 0.4) is 0 Å². The molecule has 0 spiro atoms. The highest BCUT2D eigenvalue weighted by Gasteiger charge is 2.77. The van der Waals surface area contributed by atoms with E-state index in [0.29, 0.717) is 17.0 Å². The number of fused-ring (bicyclic) bond motifs is 1. The Morgan fingerprint density at radius 1 is 1.09 bits per heavy atom. The van der Waals surface area contributed by atoms with E-state index >= 15 is 0 Å². The van der Waals surface area contributed by atoms with E-state index in [1.165, 1.54) is 11.2 Å². The number of carbonyl (C=O) groups is 1. The molecule has 0 saturated carbocycles. The van der Waals surface area contributed by atoms with Gasteiger partial charge in [0.05, 0.1) is 6.33 Å². The van der Waals surface area contributed by atoms with Crippen molar-refractivity contribution >= 4 is 22.9 Å². The third-order valence-corrected chi connectivity index (χ3v) is 7.86. The first-order chi connectivity index (χ1) is 15.4. The summed E-state index contributed by atoms with van der Waals surface area (Å²) in [6.07, 6.45) is 5.09. The van der Waals surface area contributed by atoms with Crippen LogP contribution < -0.4 is 5.32 Å². The van der Waals surface area contributed by atoms with E-state index < -0.39 is 22.5 Å². The van der Waals surface area contributed by atoms with Gasteiger partial charge < -0.3 is 24.4 Å². The van der Waals surface area contributed by atoms with E-state index in [1.54, 1.807) is 41.6 Å². The van der Waals surface area contributed by atoms with Crippen molar-refractivity contribution in [2.45, 2.75) is 83.0 Å². The number of nitrogens with zero attached hydrogens (tertiary/aromatic N) is 5. The van der Waals surface area contributed by atoms with Crippen LogP contribution in [0.25, 0.3) is 11.2 Å². The van der Waals surface area contributed by atoms with Crippen LogP contribution in [0.5, 0.6) is 0 Å². The molecule has 4 atom stereocenters. The second kappa shape index (κ2) is 8.48. The van der Waals surface area contributed by atoms with Crippen LogP contribution in [-0.4, -0.2) is 81.5 Å². The number of carbonyl (C=O) groups excluding carboxylic acids is 1. The SMILES string of the molecule is CCC(CC)Nc1ncnc2c1ncn2C1(C)OC(C)(C(=O)N(C)C)C(C)(OC)C1(C)OC. The quantitative estimate of drug-likeness (QED) is 0.639. The first kappa shape index (κ1) is 25.3. The van der Waals surface area contributed by atoms with Gasteiger partial charge in [-0.25, -0.2) is 15.0 Å². The van der Waals surface area contributed by atoms with Crippen LogP contribution >= 0.6 is 0 Å². The van der Waals surface area contributed by atoms with Crippen LogP contribution in [0.2, 0.25) is 0 Å². The molecular formula is C23H38N6O4. The molecule has 0 aromatic carbocycles. The lowest BCUT2D eigenvalue weighted by atomic mass is 9.71. The standard InChI is InChI=1S/C23H38N6O4/c1-11-15(12-2)27-17-16-18(25-13-24-17)29(14-26-16)23(6)22(5,32-10)21(4,31-9)20(3,33-23)19(30)28(7)8/h13-15H,11-12H2,1-10H3,(H,24,25,27). The third kappa shape index (κ3) is 3.25. The number of nitrogens with one attached hydrogen (secondary N) is 1. The molecule has 33 heavy (non-hydrogen) atoms. The number of anilines is 1. The van der Waals surface area contributed by atoms with Crippen molar-refractivity contribution in [2.75, 3.05) is 33.6 Å². The summed E-state index contributed by atoms with van der Waals surface area (Å²) in [5, 5.41) is 3.46. The molecule has 3 rings (SSSR count). The van der Waals surface area contributed by atoms with Crippen molar-refractivity contribution in [3.63, 3.8) is 0 Å². The van der Waals surface area contributed by atoms with Crippen LogP contribution in [-0.2, 0) is 24.7 Å². The van der Waals surface area contributed by atoms with E-state index in [2.05, 4.69) is 34.1 Å². The maximum Gasteiger partial charge on any atom is 0.257 e. The topological polar surface area (TPSA) is 104 Å². The van der Waals surface area contributed by atoms with E-state index in [0.717, 1.165) is 12.8 Å². The summed E-state index contributed by atoms with van der Waals surface area (Å²) >= 11 is 0. The number of hydrogen-bond acceptors (Lipinski definition) is 8. The van der Waals surface area contributed by atoms with Gasteiger partial charge in [0.25, 0.3) is 5.91 Å². The monoisotopic (exact) mass is 462 g/mol. The molecule has 0 aliphatic carbocycles. The van der Waals surface area contributed by atoms with Crippen LogP contribution in [0.4, 0.5) is 5.82 Å². The van der Waals surface area contributed by atoms with Gasteiger partial charge in [-0.1, -0.05) is 13.8 Å². The Labute approximate surface area is 196 Å². The number of hydrogen-bond donors (Lipinski definition) is 1. The molecule has 3 heterocycles. The predicted octanol–water partition coefficient (Wildman–Crippen LogP) is 2.79. The molecule has 10 heteroatoms. The molecule has 1 saturated heterocycles. The van der Waals surface area contributed by atoms with Crippen molar-refractivity contribution in [1.29, 1.82) is 0 Å². The summed E-state index contributed by atoms with van der Waals surface area (Å²) in [7, 11) is 6.56. The Morgan fingerprint density at radius 2 is 1.70 bits per heavy atom. The molecule has 1 amide bonds. The fourth-order valence-electron chi connectivity index (χ4n) is 5.16. The largest absolute Gasteiger partial charge is 0.372 e. The Hall–Kier alpha value is -2.30. The van der Waals surface area contributed by atoms with Crippen molar-refractivity contribution in [2.24, 2.45) is 0 Å². The van der Waals surface area contributed by atoms with Crippen molar-refractivity contribution in [1.82, 2.24) is 24.4 Å². The highest BCUT2D eigenvalue weighted by Crippen LogP contribution is 2.58. The van der Waals surface area contributed by atoms with E-state index in [9.17, 15) is 4.79 Å². The number of methoxy groups -OCH3 is 2. The minimum absolute atomic E-state index is 0.228. The molecule has 0 radical (unpaired) electrons. The smallest absolute Gasteiger partial charge is 0.257 e. The molecule has 0 bridgehead atoms. The lowest BCUT2D eigenvalue weighted by Gasteiger charge is -2.47. The summed E-state index contributed by atoms with van der Waals surface area (Å²) in [5.41, 5.74) is -3.60. The van der Waals surface area contributed by atoms with Gasteiger partial charge in [-0.2, -0.15) is 0 Å². The molecule has 1 aliphatic rings. The van der Waals surface area contributed by atoms with Gasteiger partial charge in [-0.3, -0.25) is 9.36 Å². The zero-order valence-electron chi connectivity index (χ0n) is 21.5. The van der Waals surface area contributed by atoms with Gasteiger partial charge >= 0.3 is 0 Å². The maximum atomic E-state index is 13.4. The maximum absolute atomic E-state index is 13.4. The zero-order valence-corrected chi connectivity index (χ0v) is 21.5. The number of aromatic nitrogens is 4. The van der Waals surface area contributed by atoms with Gasteiger partial charge in [-0.05, 0) is 40.5 Å². The number of amides is 1. The molecule has 1 fully saturated rings. The summed E-state index contributed by atoms with van der Waals surface area (Å²) in [6.45, 7) is 11.6.